The van der Waals surface area contributed by atoms with Crippen LogP contribution < -0.4 is 15.5 Å². The van der Waals surface area contributed by atoms with Gasteiger partial charge in [-0.15, -0.1) is 0 Å². The first-order chi connectivity index (χ1) is 17.1. The Labute approximate surface area is 229 Å². The highest BCUT2D eigenvalue weighted by Crippen LogP contribution is 2.28. The molecule has 2 N–H and O–H groups in total. The van der Waals surface area contributed by atoms with E-state index in [-0.39, 0.29) is 11.8 Å². The van der Waals surface area contributed by atoms with Gasteiger partial charge >= 0.3 is 0 Å². The van der Waals surface area contributed by atoms with Gasteiger partial charge in [0.15, 0.2) is 0 Å². The molecule has 0 aliphatic rings. The molecule has 3 aromatic rings. The van der Waals surface area contributed by atoms with E-state index in [0.29, 0.717) is 28.0 Å². The topological polar surface area (TPSA) is 79.8 Å². The third kappa shape index (κ3) is 7.82. The predicted molar refractivity (Wildman–Crippen MR) is 148 cm³/mol. The Morgan fingerprint density at radius 3 is 2.39 bits per heavy atom. The molecule has 3 aromatic carbocycles. The van der Waals surface area contributed by atoms with Crippen molar-refractivity contribution in [2.24, 2.45) is 11.0 Å². The fraction of sp³-hybridized carbons (Fsp3) is 0.222. The predicted octanol–water partition coefficient (Wildman–Crippen LogP) is 6.55. The molecule has 0 saturated carbocycles. The lowest BCUT2D eigenvalue weighted by atomic mass is 10.0. The summed E-state index contributed by atoms with van der Waals surface area (Å²) in [7, 11) is 0. The van der Waals surface area contributed by atoms with Crippen LogP contribution in [0.1, 0.15) is 40.9 Å². The smallest absolute Gasteiger partial charge is 0.262 e. The molecule has 6 nitrogen and oxygen atoms in total. The Balaban J connectivity index is 1.57. The minimum atomic E-state index is -0.736. The standard InChI is InChI=1S/C27H26BrCl2N3O3/c1-16(2)25(32-26(34)20-8-4-17(3)5-9-20)27(35)33-31-14-18-7-11-24(21(28)12-18)36-15-19-6-10-22(29)23(30)13-19/h4-14,16,25H,15H2,1-3H3,(H,32,34)(H,33,35). The molecule has 3 rings (SSSR count). The molecule has 1 atom stereocenters. The van der Waals surface area contributed by atoms with E-state index >= 15 is 0 Å². The summed E-state index contributed by atoms with van der Waals surface area (Å²) in [5.41, 5.74) is 5.69. The fourth-order valence-electron chi connectivity index (χ4n) is 3.21. The Hall–Kier alpha value is -2.87. The van der Waals surface area contributed by atoms with E-state index in [0.717, 1.165) is 21.2 Å². The number of hydrogen-bond donors (Lipinski definition) is 2. The first kappa shape index (κ1) is 27.7. The van der Waals surface area contributed by atoms with Crippen molar-refractivity contribution >= 4 is 57.2 Å². The third-order valence-corrected chi connectivity index (χ3v) is 6.63. The molecule has 0 aliphatic carbocycles. The SMILES string of the molecule is Cc1ccc(C(=O)NC(C(=O)NN=Cc2ccc(OCc3ccc(Cl)c(Cl)c3)c(Br)c2)C(C)C)cc1. The molecular weight excluding hydrogens is 565 g/mol. The number of amides is 2. The van der Waals surface area contributed by atoms with E-state index in [2.05, 4.69) is 31.8 Å². The largest absolute Gasteiger partial charge is 0.488 e. The summed E-state index contributed by atoms with van der Waals surface area (Å²) in [5.74, 6) is -0.202. The zero-order chi connectivity index (χ0) is 26.2. The van der Waals surface area contributed by atoms with Gasteiger partial charge in [0.1, 0.15) is 18.4 Å². The van der Waals surface area contributed by atoms with Gasteiger partial charge in [0.25, 0.3) is 11.8 Å². The van der Waals surface area contributed by atoms with Crippen molar-refractivity contribution in [2.75, 3.05) is 0 Å². The van der Waals surface area contributed by atoms with Gasteiger partial charge in [-0.1, -0.05) is 60.8 Å². The zero-order valence-corrected chi connectivity index (χ0v) is 23.1. The van der Waals surface area contributed by atoms with E-state index in [9.17, 15) is 9.59 Å². The van der Waals surface area contributed by atoms with Crippen LogP contribution in [0.2, 0.25) is 10.0 Å². The lowest BCUT2D eigenvalue weighted by Crippen LogP contribution is -2.48. The molecule has 0 saturated heterocycles. The maximum Gasteiger partial charge on any atom is 0.262 e. The average Bonchev–Trinajstić information content (AvgIpc) is 2.84. The van der Waals surface area contributed by atoms with Gasteiger partial charge in [-0.25, -0.2) is 5.43 Å². The maximum atomic E-state index is 12.7. The van der Waals surface area contributed by atoms with Crippen molar-refractivity contribution in [1.29, 1.82) is 0 Å². The molecule has 0 heterocycles. The average molecular weight is 591 g/mol. The van der Waals surface area contributed by atoms with E-state index in [4.69, 9.17) is 27.9 Å². The summed E-state index contributed by atoms with van der Waals surface area (Å²) in [6.07, 6.45) is 1.52. The van der Waals surface area contributed by atoms with Crippen molar-refractivity contribution in [3.63, 3.8) is 0 Å². The Morgan fingerprint density at radius 1 is 1.03 bits per heavy atom. The van der Waals surface area contributed by atoms with E-state index in [1.54, 1.807) is 30.3 Å². The number of nitrogens with one attached hydrogen (secondary N) is 2. The molecule has 9 heteroatoms. The molecule has 36 heavy (non-hydrogen) atoms. The number of hydrogen-bond acceptors (Lipinski definition) is 4. The van der Waals surface area contributed by atoms with Crippen molar-refractivity contribution in [3.8, 4) is 5.75 Å². The van der Waals surface area contributed by atoms with Gasteiger partial charge in [0.2, 0.25) is 0 Å². The number of nitrogens with zero attached hydrogens (tertiary/aromatic N) is 1. The molecule has 0 spiro atoms. The Bertz CT molecular complexity index is 1260. The summed E-state index contributed by atoms with van der Waals surface area (Å²) >= 11 is 15.5. The number of rotatable bonds is 9. The van der Waals surface area contributed by atoms with Crippen LogP contribution in [0.3, 0.4) is 0 Å². The number of benzene rings is 3. The number of ether oxygens (including phenoxy) is 1. The molecule has 1 unspecified atom stereocenters. The number of halogens is 3. The highest BCUT2D eigenvalue weighted by molar-refractivity contribution is 9.10. The summed E-state index contributed by atoms with van der Waals surface area (Å²) in [4.78, 5) is 25.3. The third-order valence-electron chi connectivity index (χ3n) is 5.27. The lowest BCUT2D eigenvalue weighted by molar-refractivity contribution is -0.123. The van der Waals surface area contributed by atoms with Crippen LogP contribution in [0.4, 0.5) is 0 Å². The van der Waals surface area contributed by atoms with Gasteiger partial charge in [0.05, 0.1) is 20.7 Å². The van der Waals surface area contributed by atoms with Crippen LogP contribution in [-0.4, -0.2) is 24.1 Å². The second kappa shape index (κ2) is 12.9. The highest BCUT2D eigenvalue weighted by atomic mass is 79.9. The van der Waals surface area contributed by atoms with Crippen LogP contribution in [-0.2, 0) is 11.4 Å². The summed E-state index contributed by atoms with van der Waals surface area (Å²) in [5, 5.41) is 7.80. The summed E-state index contributed by atoms with van der Waals surface area (Å²) in [6.45, 7) is 5.99. The van der Waals surface area contributed by atoms with Crippen molar-refractivity contribution in [1.82, 2.24) is 10.7 Å². The quantitative estimate of drug-likeness (QED) is 0.219. The van der Waals surface area contributed by atoms with Crippen molar-refractivity contribution in [3.05, 3.63) is 97.4 Å². The van der Waals surface area contributed by atoms with Crippen LogP contribution in [0.25, 0.3) is 0 Å². The normalized spacial score (nSPS) is 12.0. The number of carbonyl (C=O) groups is 2. The van der Waals surface area contributed by atoms with Gasteiger partial charge in [0, 0.05) is 5.56 Å². The molecule has 0 aliphatic heterocycles. The molecule has 2 amide bonds. The van der Waals surface area contributed by atoms with Gasteiger partial charge < -0.3 is 10.1 Å². The lowest BCUT2D eigenvalue weighted by Gasteiger charge is -2.20. The van der Waals surface area contributed by atoms with Crippen LogP contribution in [0, 0.1) is 12.8 Å². The minimum absolute atomic E-state index is 0.129. The second-order valence-electron chi connectivity index (χ2n) is 8.52. The number of aryl methyl sites for hydroxylation is 1. The van der Waals surface area contributed by atoms with Gasteiger partial charge in [-0.3, -0.25) is 9.59 Å². The van der Waals surface area contributed by atoms with Gasteiger partial charge in [-0.05, 0) is 82.4 Å². The molecule has 0 aromatic heterocycles. The fourth-order valence-corrected chi connectivity index (χ4v) is 4.04. The van der Waals surface area contributed by atoms with Crippen LogP contribution in [0.15, 0.2) is 70.2 Å². The first-order valence-corrected chi connectivity index (χ1v) is 12.8. The summed E-state index contributed by atoms with van der Waals surface area (Å²) < 4.78 is 6.58. The first-order valence-electron chi connectivity index (χ1n) is 11.2. The molecule has 0 radical (unpaired) electrons. The Kier molecular flexibility index (Phi) is 9.93. The molecule has 0 bridgehead atoms. The zero-order valence-electron chi connectivity index (χ0n) is 20.0. The Morgan fingerprint density at radius 2 is 1.75 bits per heavy atom. The minimum Gasteiger partial charge on any atom is -0.488 e. The van der Waals surface area contributed by atoms with Crippen molar-refractivity contribution in [2.45, 2.75) is 33.4 Å². The van der Waals surface area contributed by atoms with Crippen molar-refractivity contribution < 1.29 is 14.3 Å². The van der Waals surface area contributed by atoms with E-state index in [1.807, 2.05) is 51.1 Å². The van der Waals surface area contributed by atoms with E-state index in [1.165, 1.54) is 6.21 Å². The van der Waals surface area contributed by atoms with Crippen LogP contribution >= 0.6 is 39.1 Å². The second-order valence-corrected chi connectivity index (χ2v) is 10.2. The number of hydrazone groups is 1. The number of carbonyl (C=O) groups excluding carboxylic acids is 2. The van der Waals surface area contributed by atoms with Crippen LogP contribution in [0.5, 0.6) is 5.75 Å². The molecule has 188 valence electrons. The monoisotopic (exact) mass is 589 g/mol. The summed E-state index contributed by atoms with van der Waals surface area (Å²) in [6, 6.07) is 17.2. The maximum absolute atomic E-state index is 12.7. The van der Waals surface area contributed by atoms with Gasteiger partial charge in [-0.2, -0.15) is 5.10 Å². The molecule has 0 fully saturated rings. The molecular formula is C27H26BrCl2N3O3. The highest BCUT2D eigenvalue weighted by Gasteiger charge is 2.24. The van der Waals surface area contributed by atoms with E-state index < -0.39 is 11.9 Å².